The number of aromatic amines is 1. The molecule has 2 fully saturated rings. The molecule has 0 bridgehead atoms. The van der Waals surface area contributed by atoms with Crippen LogP contribution in [0.25, 0.3) is 0 Å². The van der Waals surface area contributed by atoms with Crippen LogP contribution in [-0.4, -0.2) is 100 Å². The molecule has 18 heteroatoms. The summed E-state index contributed by atoms with van der Waals surface area (Å²) in [6.45, 7) is 2.12. The predicted molar refractivity (Wildman–Crippen MR) is 201 cm³/mol. The molecule has 0 saturated carbocycles. The van der Waals surface area contributed by atoms with Crippen molar-refractivity contribution in [3.63, 3.8) is 0 Å². The Morgan fingerprint density at radius 1 is 0.679 bits per heavy atom. The van der Waals surface area contributed by atoms with Gasteiger partial charge < -0.3 is 29.0 Å². The number of methoxy groups -OCH3 is 1. The lowest BCUT2D eigenvalue weighted by atomic mass is 10.1. The number of thioether (sulfide) groups is 2. The monoisotopic (exact) mass is 762 g/mol. The third-order valence-corrected chi connectivity index (χ3v) is 9.86. The highest BCUT2D eigenvalue weighted by molar-refractivity contribution is 8.15. The van der Waals surface area contributed by atoms with Crippen LogP contribution >= 0.6 is 23.5 Å². The molecule has 0 spiro atoms. The second kappa shape index (κ2) is 18.7. The number of H-pyrrole nitrogens is 1. The van der Waals surface area contributed by atoms with Crippen LogP contribution in [-0.2, 0) is 22.4 Å². The second-order valence-corrected chi connectivity index (χ2v) is 14.0. The van der Waals surface area contributed by atoms with Gasteiger partial charge in [0.2, 0.25) is 17.7 Å². The molecule has 0 aliphatic carbocycles. The van der Waals surface area contributed by atoms with E-state index in [9.17, 15) is 24.0 Å². The number of likely N-dealkylation sites (N-methyl/N-ethyl adjacent to an activating group) is 2. The molecule has 53 heavy (non-hydrogen) atoms. The fraction of sp³-hybridized carbons (Fsp3) is 0.314. The molecule has 4 amide bonds. The first kappa shape index (κ1) is 38.6. The summed E-state index contributed by atoms with van der Waals surface area (Å²) in [5.74, 6) is 2.83. The van der Waals surface area contributed by atoms with Gasteiger partial charge in [0.1, 0.15) is 42.7 Å². The Labute approximate surface area is 313 Å². The Morgan fingerprint density at radius 3 is 1.60 bits per heavy atom. The van der Waals surface area contributed by atoms with Crippen molar-refractivity contribution >= 4 is 57.5 Å². The minimum atomic E-state index is -0.371. The van der Waals surface area contributed by atoms with Crippen LogP contribution in [0.4, 0.5) is 21.2 Å². The van der Waals surface area contributed by atoms with Gasteiger partial charge in [-0.15, -0.1) is 0 Å². The molecular formula is C35H38N8O8S2. The SMILES string of the molecule is CN(CCOc1ccc(CC2SC(=O)NC2=O)cc1)c1cc(=O)[nH]cn1.COc1cc(N(C)CCOc2ccc(CC3SC(=O)NC3=O)cc2)ncn1. The number of hydrogen-bond donors (Lipinski definition) is 3. The lowest BCUT2D eigenvalue weighted by Crippen LogP contribution is -2.26. The van der Waals surface area contributed by atoms with E-state index in [4.69, 9.17) is 14.2 Å². The van der Waals surface area contributed by atoms with Gasteiger partial charge in [-0.25, -0.2) is 15.0 Å². The van der Waals surface area contributed by atoms with Crippen LogP contribution in [0.5, 0.6) is 17.4 Å². The quantitative estimate of drug-likeness (QED) is 0.160. The third kappa shape index (κ3) is 11.7. The molecule has 2 aromatic heterocycles. The van der Waals surface area contributed by atoms with Crippen molar-refractivity contribution in [3.05, 3.63) is 94.8 Å². The number of nitrogens with zero attached hydrogens (tertiary/aromatic N) is 5. The van der Waals surface area contributed by atoms with E-state index in [-0.39, 0.29) is 38.4 Å². The summed E-state index contributed by atoms with van der Waals surface area (Å²) in [6, 6.07) is 18.2. The topological polar surface area (TPSA) is 198 Å². The molecule has 3 N–H and O–H groups in total. The summed E-state index contributed by atoms with van der Waals surface area (Å²) in [5, 5.41) is 3.28. The van der Waals surface area contributed by atoms with E-state index in [0.717, 1.165) is 46.2 Å². The molecule has 16 nitrogen and oxygen atoms in total. The summed E-state index contributed by atoms with van der Waals surface area (Å²) in [7, 11) is 5.31. The van der Waals surface area contributed by atoms with Gasteiger partial charge in [-0.05, 0) is 48.2 Å². The maximum atomic E-state index is 11.6. The number of benzene rings is 2. The van der Waals surface area contributed by atoms with Crippen molar-refractivity contribution in [1.29, 1.82) is 0 Å². The lowest BCUT2D eigenvalue weighted by molar-refractivity contribution is -0.119. The average Bonchev–Trinajstić information content (AvgIpc) is 3.65. The number of imide groups is 2. The fourth-order valence-electron chi connectivity index (χ4n) is 4.97. The highest BCUT2D eigenvalue weighted by Gasteiger charge is 2.32. The zero-order valence-electron chi connectivity index (χ0n) is 29.1. The van der Waals surface area contributed by atoms with Crippen molar-refractivity contribution in [1.82, 2.24) is 30.6 Å². The summed E-state index contributed by atoms with van der Waals surface area (Å²) >= 11 is 2.06. The van der Waals surface area contributed by atoms with Crippen molar-refractivity contribution in [2.24, 2.45) is 0 Å². The molecule has 278 valence electrons. The van der Waals surface area contributed by atoms with Gasteiger partial charge in [0.05, 0.1) is 37.0 Å². The molecule has 4 aromatic rings. The standard InChI is InChI=1S/C18H20N4O4S.C17H18N4O4S/c1-22(15-10-16(25-2)20-11-19-15)7-8-26-13-5-3-12(4-6-13)9-14-17(23)21-18(24)27-14;1-21(14-9-15(22)19-10-18-14)6-7-25-12-4-2-11(3-5-12)8-13-16(23)20-17(24)26-13/h3-6,10-11,14H,7-9H2,1-2H3,(H,21,23,24);2-5,9-10,13H,6-8H2,1H3,(H,18,19,22)(H,20,23,24). The number of ether oxygens (including phenoxy) is 3. The summed E-state index contributed by atoms with van der Waals surface area (Å²) in [5.41, 5.74) is 1.74. The molecule has 2 aliphatic heterocycles. The van der Waals surface area contributed by atoms with Crippen LogP contribution < -0.4 is 40.2 Å². The minimum Gasteiger partial charge on any atom is -0.492 e. The van der Waals surface area contributed by atoms with E-state index < -0.39 is 0 Å². The van der Waals surface area contributed by atoms with Crippen LogP contribution in [0, 0.1) is 0 Å². The lowest BCUT2D eigenvalue weighted by Gasteiger charge is -2.18. The zero-order chi connectivity index (χ0) is 37.7. The van der Waals surface area contributed by atoms with Crippen LogP contribution in [0.3, 0.4) is 0 Å². The van der Waals surface area contributed by atoms with E-state index in [0.29, 0.717) is 56.6 Å². The Balaban J connectivity index is 0.000000204. The molecule has 2 unspecified atom stereocenters. The normalized spacial score (nSPS) is 16.3. The molecule has 2 atom stereocenters. The van der Waals surface area contributed by atoms with Crippen molar-refractivity contribution < 1.29 is 33.4 Å². The smallest absolute Gasteiger partial charge is 0.286 e. The van der Waals surface area contributed by atoms with Crippen molar-refractivity contribution in [2.45, 2.75) is 23.3 Å². The molecule has 6 rings (SSSR count). The maximum absolute atomic E-state index is 11.6. The minimum absolute atomic E-state index is 0.200. The summed E-state index contributed by atoms with van der Waals surface area (Å²) in [6.07, 6.45) is 3.84. The maximum Gasteiger partial charge on any atom is 0.286 e. The Hall–Kier alpha value is -5.62. The predicted octanol–water partition coefficient (Wildman–Crippen LogP) is 3.07. The molecule has 4 heterocycles. The van der Waals surface area contributed by atoms with Gasteiger partial charge >= 0.3 is 0 Å². The van der Waals surface area contributed by atoms with E-state index >= 15 is 0 Å². The number of hydrogen-bond acceptors (Lipinski definition) is 15. The van der Waals surface area contributed by atoms with Crippen LogP contribution in [0.2, 0.25) is 0 Å². The van der Waals surface area contributed by atoms with Gasteiger partial charge in [-0.2, -0.15) is 0 Å². The van der Waals surface area contributed by atoms with E-state index in [1.807, 2.05) is 72.4 Å². The number of amides is 4. The number of carbonyl (C=O) groups excluding carboxylic acids is 4. The van der Waals surface area contributed by atoms with E-state index in [1.54, 1.807) is 13.2 Å². The first-order chi connectivity index (χ1) is 25.6. The highest BCUT2D eigenvalue weighted by atomic mass is 32.2. The molecule has 2 aromatic carbocycles. The first-order valence-corrected chi connectivity index (χ1v) is 18.1. The Morgan fingerprint density at radius 2 is 1.17 bits per heavy atom. The number of nitrogens with one attached hydrogen (secondary N) is 3. The fourth-order valence-corrected chi connectivity index (χ4v) is 6.69. The van der Waals surface area contributed by atoms with Crippen LogP contribution in [0.15, 0.2) is 78.1 Å². The number of anilines is 2. The first-order valence-electron chi connectivity index (χ1n) is 16.4. The largest absolute Gasteiger partial charge is 0.492 e. The second-order valence-electron chi connectivity index (χ2n) is 11.7. The summed E-state index contributed by atoms with van der Waals surface area (Å²) in [4.78, 5) is 75.4. The van der Waals surface area contributed by atoms with E-state index in [1.165, 1.54) is 18.7 Å². The Bertz CT molecular complexity index is 1950. The van der Waals surface area contributed by atoms with Gasteiger partial charge in [0.25, 0.3) is 16.0 Å². The number of rotatable bonds is 15. The van der Waals surface area contributed by atoms with Gasteiger partial charge in [-0.3, -0.25) is 34.6 Å². The highest BCUT2D eigenvalue weighted by Crippen LogP contribution is 2.25. The average molecular weight is 763 g/mol. The number of aromatic nitrogens is 4. The van der Waals surface area contributed by atoms with E-state index in [2.05, 4.69) is 30.6 Å². The van der Waals surface area contributed by atoms with Crippen molar-refractivity contribution in [2.75, 3.05) is 57.3 Å². The molecule has 2 aliphatic rings. The Kier molecular flexibility index (Phi) is 13.7. The van der Waals surface area contributed by atoms with Gasteiger partial charge in [0, 0.05) is 26.2 Å². The molecule has 2 saturated heterocycles. The van der Waals surface area contributed by atoms with Crippen LogP contribution in [0.1, 0.15) is 11.1 Å². The number of carbonyl (C=O) groups is 4. The third-order valence-electron chi connectivity index (χ3n) is 7.90. The summed E-state index contributed by atoms with van der Waals surface area (Å²) < 4.78 is 16.6. The van der Waals surface area contributed by atoms with Crippen molar-refractivity contribution in [3.8, 4) is 17.4 Å². The molecular weight excluding hydrogens is 725 g/mol. The van der Waals surface area contributed by atoms with Gasteiger partial charge in [-0.1, -0.05) is 47.8 Å². The zero-order valence-corrected chi connectivity index (χ0v) is 30.8. The molecule has 0 radical (unpaired) electrons. The van der Waals surface area contributed by atoms with Gasteiger partial charge in [0.15, 0.2) is 0 Å².